The van der Waals surface area contributed by atoms with Crippen LogP contribution in [-0.2, 0) is 9.53 Å². The Morgan fingerprint density at radius 2 is 2.25 bits per heavy atom. The average molecular weight is 229 g/mol. The zero-order valence-electron chi connectivity index (χ0n) is 8.82. The maximum Gasteiger partial charge on any atom is 0.322 e. The molecule has 1 aromatic rings. The van der Waals surface area contributed by atoms with Gasteiger partial charge >= 0.3 is 5.97 Å². The van der Waals surface area contributed by atoms with Gasteiger partial charge in [0, 0.05) is 6.42 Å². The van der Waals surface area contributed by atoms with Gasteiger partial charge in [0.15, 0.2) is 0 Å². The Morgan fingerprint density at radius 1 is 1.56 bits per heavy atom. The lowest BCUT2D eigenvalue weighted by Gasteiger charge is -2.13. The maximum atomic E-state index is 13.6. The summed E-state index contributed by atoms with van der Waals surface area (Å²) in [7, 11) is 1.18. The Bertz CT molecular complexity index is 371. The highest BCUT2D eigenvalue weighted by Gasteiger charge is 2.20. The minimum atomic E-state index is -1.48. The van der Waals surface area contributed by atoms with Crippen molar-refractivity contribution in [2.24, 2.45) is 5.73 Å². The minimum Gasteiger partial charge on any atom is -0.468 e. The van der Waals surface area contributed by atoms with Gasteiger partial charge in [-0.2, -0.15) is 0 Å². The van der Waals surface area contributed by atoms with Gasteiger partial charge in [-0.1, -0.05) is 12.1 Å². The van der Waals surface area contributed by atoms with Gasteiger partial charge in [-0.3, -0.25) is 4.79 Å². The third-order valence-corrected chi connectivity index (χ3v) is 2.18. The zero-order chi connectivity index (χ0) is 12.1. The van der Waals surface area contributed by atoms with E-state index in [1.807, 2.05) is 0 Å². The van der Waals surface area contributed by atoms with E-state index >= 15 is 0 Å². The molecule has 88 valence electrons. The Labute approximate surface area is 92.2 Å². The van der Waals surface area contributed by atoms with E-state index in [0.29, 0.717) is 0 Å². The number of carbonyl (C=O) groups excluding carboxylic acids is 1. The van der Waals surface area contributed by atoms with Crippen molar-refractivity contribution in [3.63, 3.8) is 0 Å². The molecule has 16 heavy (non-hydrogen) atoms. The molecular weight excluding hydrogens is 216 g/mol. The number of ether oxygens (including phenoxy) is 1. The second kappa shape index (κ2) is 5.55. The summed E-state index contributed by atoms with van der Waals surface area (Å²) in [4.78, 5) is 11.0. The molecule has 2 atom stereocenters. The first-order valence-electron chi connectivity index (χ1n) is 4.77. The van der Waals surface area contributed by atoms with Gasteiger partial charge < -0.3 is 10.5 Å². The molecule has 0 saturated heterocycles. The molecule has 0 saturated carbocycles. The first-order chi connectivity index (χ1) is 7.54. The highest BCUT2D eigenvalue weighted by atomic mass is 19.1. The van der Waals surface area contributed by atoms with Gasteiger partial charge in [0.1, 0.15) is 18.0 Å². The zero-order valence-corrected chi connectivity index (χ0v) is 8.82. The van der Waals surface area contributed by atoms with E-state index in [1.165, 1.54) is 25.3 Å². The summed E-state index contributed by atoms with van der Waals surface area (Å²) in [6.07, 6.45) is -1.71. The maximum absolute atomic E-state index is 13.6. The Kier molecular flexibility index (Phi) is 4.37. The summed E-state index contributed by atoms with van der Waals surface area (Å²) < 4.78 is 30.8. The number of hydrogen-bond acceptors (Lipinski definition) is 3. The van der Waals surface area contributed by atoms with E-state index in [0.717, 1.165) is 6.07 Å². The van der Waals surface area contributed by atoms with Crippen LogP contribution in [0.5, 0.6) is 0 Å². The minimum absolute atomic E-state index is 0.166. The van der Waals surface area contributed by atoms with Crippen molar-refractivity contribution in [1.29, 1.82) is 0 Å². The van der Waals surface area contributed by atoms with Crippen LogP contribution >= 0.6 is 0 Å². The van der Waals surface area contributed by atoms with Crippen LogP contribution in [0.2, 0.25) is 0 Å². The highest BCUT2D eigenvalue weighted by molar-refractivity contribution is 5.75. The number of esters is 1. The van der Waals surface area contributed by atoms with Crippen LogP contribution in [-0.4, -0.2) is 19.1 Å². The number of methoxy groups -OCH3 is 1. The molecule has 0 bridgehead atoms. The predicted molar refractivity (Wildman–Crippen MR) is 54.9 cm³/mol. The summed E-state index contributed by atoms with van der Waals surface area (Å²) in [5, 5.41) is 0. The van der Waals surface area contributed by atoms with Crippen LogP contribution < -0.4 is 5.73 Å². The van der Waals surface area contributed by atoms with Gasteiger partial charge in [-0.15, -0.1) is 0 Å². The quantitative estimate of drug-likeness (QED) is 0.800. The van der Waals surface area contributed by atoms with Crippen molar-refractivity contribution >= 4 is 5.97 Å². The van der Waals surface area contributed by atoms with Crippen molar-refractivity contribution in [2.45, 2.75) is 18.6 Å². The molecule has 0 aliphatic heterocycles. The van der Waals surface area contributed by atoms with Crippen molar-refractivity contribution in [3.05, 3.63) is 35.6 Å². The van der Waals surface area contributed by atoms with Crippen molar-refractivity contribution in [2.75, 3.05) is 7.11 Å². The summed E-state index contributed by atoms with van der Waals surface area (Å²) in [5.74, 6) is -1.20. The fourth-order valence-electron chi connectivity index (χ4n) is 1.31. The summed E-state index contributed by atoms with van der Waals surface area (Å²) >= 11 is 0. The lowest BCUT2D eigenvalue weighted by Crippen LogP contribution is -2.32. The fourth-order valence-corrected chi connectivity index (χ4v) is 1.31. The molecule has 3 nitrogen and oxygen atoms in total. The number of nitrogens with two attached hydrogens (primary N) is 1. The molecule has 5 heteroatoms. The van der Waals surface area contributed by atoms with Crippen LogP contribution in [0.1, 0.15) is 18.2 Å². The standard InChI is InChI=1S/C11H13F2NO2/c1-16-11(15)10(14)6-9(13)7-3-2-4-8(12)5-7/h2-5,9-10H,6,14H2,1H3. The van der Waals surface area contributed by atoms with E-state index in [-0.39, 0.29) is 12.0 Å². The number of halogens is 2. The normalized spacial score (nSPS) is 14.2. The van der Waals surface area contributed by atoms with Crippen LogP contribution in [0.25, 0.3) is 0 Å². The van der Waals surface area contributed by atoms with E-state index in [9.17, 15) is 13.6 Å². The van der Waals surface area contributed by atoms with Gasteiger partial charge in [0.05, 0.1) is 7.11 Å². The monoisotopic (exact) mass is 229 g/mol. The third kappa shape index (κ3) is 3.27. The van der Waals surface area contributed by atoms with Crippen molar-refractivity contribution in [3.8, 4) is 0 Å². The van der Waals surface area contributed by atoms with Gasteiger partial charge in [-0.25, -0.2) is 8.78 Å². The molecule has 0 aromatic heterocycles. The highest BCUT2D eigenvalue weighted by Crippen LogP contribution is 2.23. The first kappa shape index (κ1) is 12.6. The van der Waals surface area contributed by atoms with E-state index in [4.69, 9.17) is 5.73 Å². The van der Waals surface area contributed by atoms with Crippen molar-refractivity contribution in [1.82, 2.24) is 0 Å². The molecule has 0 aliphatic rings. The van der Waals surface area contributed by atoms with Gasteiger partial charge in [0.25, 0.3) is 0 Å². The lowest BCUT2D eigenvalue weighted by molar-refractivity contribution is -0.142. The van der Waals surface area contributed by atoms with E-state index in [2.05, 4.69) is 4.74 Å². The number of benzene rings is 1. The van der Waals surface area contributed by atoms with Crippen LogP contribution in [0, 0.1) is 5.82 Å². The molecule has 2 unspecified atom stereocenters. The second-order valence-electron chi connectivity index (χ2n) is 3.39. The number of alkyl halides is 1. The predicted octanol–water partition coefficient (Wildman–Crippen LogP) is 1.73. The number of carbonyl (C=O) groups is 1. The molecule has 0 spiro atoms. The first-order valence-corrected chi connectivity index (χ1v) is 4.77. The molecule has 0 aliphatic carbocycles. The van der Waals surface area contributed by atoms with Crippen molar-refractivity contribution < 1.29 is 18.3 Å². The van der Waals surface area contributed by atoms with Crippen LogP contribution in [0.15, 0.2) is 24.3 Å². The summed E-state index contributed by atoms with van der Waals surface area (Å²) in [6.45, 7) is 0. The molecule has 0 fully saturated rings. The second-order valence-corrected chi connectivity index (χ2v) is 3.39. The molecule has 0 heterocycles. The Hall–Kier alpha value is -1.49. The summed E-state index contributed by atoms with van der Waals surface area (Å²) in [6, 6.07) is 4.10. The largest absolute Gasteiger partial charge is 0.468 e. The number of hydrogen-bond donors (Lipinski definition) is 1. The molecule has 1 rings (SSSR count). The summed E-state index contributed by atoms with van der Waals surface area (Å²) in [5.41, 5.74) is 5.56. The Balaban J connectivity index is 2.65. The number of rotatable bonds is 4. The fraction of sp³-hybridized carbons (Fsp3) is 0.364. The average Bonchev–Trinajstić information content (AvgIpc) is 2.27. The molecule has 0 radical (unpaired) electrons. The smallest absolute Gasteiger partial charge is 0.322 e. The SMILES string of the molecule is COC(=O)C(N)CC(F)c1cccc(F)c1. The molecule has 0 amide bonds. The van der Waals surface area contributed by atoms with E-state index < -0.39 is 24.0 Å². The van der Waals surface area contributed by atoms with Crippen LogP contribution in [0.3, 0.4) is 0 Å². The van der Waals surface area contributed by atoms with Crippen LogP contribution in [0.4, 0.5) is 8.78 Å². The Morgan fingerprint density at radius 3 is 2.81 bits per heavy atom. The van der Waals surface area contributed by atoms with Gasteiger partial charge in [-0.05, 0) is 17.7 Å². The topological polar surface area (TPSA) is 52.3 Å². The van der Waals surface area contributed by atoms with E-state index in [1.54, 1.807) is 0 Å². The molecule has 1 aromatic carbocycles. The molecule has 2 N–H and O–H groups in total. The third-order valence-electron chi connectivity index (χ3n) is 2.18. The molecular formula is C11H13F2NO2. The van der Waals surface area contributed by atoms with Gasteiger partial charge in [0.2, 0.25) is 0 Å². The lowest BCUT2D eigenvalue weighted by atomic mass is 10.0.